The number of carbonyl (C=O) groups is 1. The number of fused-ring (bicyclic) bond motifs is 1. The molecule has 0 saturated heterocycles. The number of aromatic nitrogens is 3. The molecule has 0 aliphatic rings. The van der Waals surface area contributed by atoms with Gasteiger partial charge in [0.2, 0.25) is 0 Å². The van der Waals surface area contributed by atoms with E-state index in [1.165, 1.54) is 28.8 Å². The van der Waals surface area contributed by atoms with Crippen molar-refractivity contribution in [2.45, 2.75) is 6.92 Å². The van der Waals surface area contributed by atoms with Crippen LogP contribution in [0.4, 0.5) is 4.39 Å². The van der Waals surface area contributed by atoms with Crippen molar-refractivity contribution in [3.8, 4) is 16.9 Å². The average molecular weight is 407 g/mol. The molecule has 2 N–H and O–H groups in total. The van der Waals surface area contributed by atoms with Crippen molar-refractivity contribution in [3.63, 3.8) is 0 Å². The van der Waals surface area contributed by atoms with Crippen LogP contribution in [-0.2, 0) is 0 Å². The van der Waals surface area contributed by atoms with Crippen molar-refractivity contribution in [1.29, 1.82) is 0 Å². The van der Waals surface area contributed by atoms with E-state index < -0.39 is 17.3 Å². The van der Waals surface area contributed by atoms with Crippen LogP contribution in [0.5, 0.6) is 0 Å². The predicted octanol–water partition coefficient (Wildman–Crippen LogP) is 4.26. The minimum Gasteiger partial charge on any atom is -0.478 e. The molecule has 4 aromatic rings. The summed E-state index contributed by atoms with van der Waals surface area (Å²) in [5.74, 6) is -1.88. The Hall–Kier alpha value is -3.65. The van der Waals surface area contributed by atoms with Gasteiger partial charge < -0.3 is 5.11 Å². The molecule has 0 fully saturated rings. The van der Waals surface area contributed by atoms with Gasteiger partial charge in [-0.2, -0.15) is 0 Å². The monoisotopic (exact) mass is 407 g/mol. The normalized spacial score (nSPS) is 11.0. The molecular formula is C21H14FN3O3S. The molecule has 0 radical (unpaired) electrons. The number of rotatable bonds is 3. The number of nitrogens with zero attached hydrogens (tertiary/aromatic N) is 2. The van der Waals surface area contributed by atoms with E-state index in [9.17, 15) is 19.1 Å². The Morgan fingerprint density at radius 1 is 1.17 bits per heavy atom. The fraction of sp³-hybridized carbons (Fsp3) is 0.0476. The van der Waals surface area contributed by atoms with Gasteiger partial charge in [0.05, 0.1) is 22.3 Å². The third-order valence-electron chi connectivity index (χ3n) is 4.50. The van der Waals surface area contributed by atoms with Gasteiger partial charge in [0.15, 0.2) is 10.4 Å². The molecule has 144 valence electrons. The SMILES string of the molecule is Cc1cccc(-n2c(=S)[nH]c(=O)c3c(C(=O)O)cc(-c4ccccc4F)nc32)c1. The Morgan fingerprint density at radius 3 is 2.62 bits per heavy atom. The van der Waals surface area contributed by atoms with E-state index in [1.807, 2.05) is 25.1 Å². The minimum absolute atomic E-state index is 0.0440. The second-order valence-electron chi connectivity index (χ2n) is 6.47. The van der Waals surface area contributed by atoms with Crippen LogP contribution in [0.25, 0.3) is 28.0 Å². The largest absolute Gasteiger partial charge is 0.478 e. The van der Waals surface area contributed by atoms with Crippen LogP contribution >= 0.6 is 12.2 Å². The van der Waals surface area contributed by atoms with E-state index in [0.29, 0.717) is 5.69 Å². The molecule has 0 aliphatic carbocycles. The van der Waals surface area contributed by atoms with Crippen LogP contribution in [0, 0.1) is 17.5 Å². The third-order valence-corrected chi connectivity index (χ3v) is 4.79. The van der Waals surface area contributed by atoms with Gasteiger partial charge in [0.25, 0.3) is 5.56 Å². The average Bonchev–Trinajstić information content (AvgIpc) is 2.67. The summed E-state index contributed by atoms with van der Waals surface area (Å²) in [4.78, 5) is 31.5. The van der Waals surface area contributed by atoms with Gasteiger partial charge in [-0.05, 0) is 55.0 Å². The van der Waals surface area contributed by atoms with Gasteiger partial charge in [0, 0.05) is 5.56 Å². The summed E-state index contributed by atoms with van der Waals surface area (Å²) in [5.41, 5.74) is 0.846. The van der Waals surface area contributed by atoms with E-state index in [2.05, 4.69) is 9.97 Å². The van der Waals surface area contributed by atoms with Crippen LogP contribution in [-0.4, -0.2) is 25.6 Å². The molecule has 2 aromatic carbocycles. The van der Waals surface area contributed by atoms with Crippen LogP contribution in [0.3, 0.4) is 0 Å². The molecule has 2 aromatic heterocycles. The Labute approximate surface area is 168 Å². The summed E-state index contributed by atoms with van der Waals surface area (Å²) in [5, 5.41) is 9.58. The van der Waals surface area contributed by atoms with Gasteiger partial charge in [-0.1, -0.05) is 24.3 Å². The number of aryl methyl sites for hydroxylation is 1. The highest BCUT2D eigenvalue weighted by Gasteiger charge is 2.20. The zero-order valence-electron chi connectivity index (χ0n) is 15.1. The smallest absolute Gasteiger partial charge is 0.336 e. The second kappa shape index (κ2) is 7.06. The van der Waals surface area contributed by atoms with Gasteiger partial charge in [-0.15, -0.1) is 0 Å². The number of carboxylic acid groups (broad SMARTS) is 1. The zero-order chi connectivity index (χ0) is 20.7. The van der Waals surface area contributed by atoms with Crippen molar-refractivity contribution in [2.75, 3.05) is 0 Å². The van der Waals surface area contributed by atoms with Crippen molar-refractivity contribution < 1.29 is 14.3 Å². The fourth-order valence-electron chi connectivity index (χ4n) is 3.21. The first kappa shape index (κ1) is 18.7. The zero-order valence-corrected chi connectivity index (χ0v) is 16.0. The number of carboxylic acids is 1. The highest BCUT2D eigenvalue weighted by molar-refractivity contribution is 7.71. The number of aromatic carboxylic acids is 1. The maximum Gasteiger partial charge on any atom is 0.336 e. The number of halogens is 1. The number of H-pyrrole nitrogens is 1. The summed E-state index contributed by atoms with van der Waals surface area (Å²) in [6.45, 7) is 1.89. The minimum atomic E-state index is -1.33. The van der Waals surface area contributed by atoms with Gasteiger partial charge in [-0.3, -0.25) is 14.3 Å². The highest BCUT2D eigenvalue weighted by Crippen LogP contribution is 2.26. The van der Waals surface area contributed by atoms with Crippen LogP contribution in [0.15, 0.2) is 59.4 Å². The topological polar surface area (TPSA) is 88.0 Å². The number of benzene rings is 2. The van der Waals surface area contributed by atoms with Gasteiger partial charge >= 0.3 is 5.97 Å². The number of pyridine rings is 1. The standard InChI is InChI=1S/C21H14FN3O3S/c1-11-5-4-6-12(9-11)25-18-17(19(26)24-21(25)29)14(20(27)28)10-16(23-18)13-7-2-3-8-15(13)22/h2-10H,1H3,(H,27,28)(H,24,26,29). The van der Waals surface area contributed by atoms with E-state index in [0.717, 1.165) is 5.56 Å². The molecule has 0 unspecified atom stereocenters. The van der Waals surface area contributed by atoms with Crippen molar-refractivity contribution in [3.05, 3.63) is 86.7 Å². The fourth-order valence-corrected chi connectivity index (χ4v) is 3.50. The molecule has 0 saturated carbocycles. The lowest BCUT2D eigenvalue weighted by molar-refractivity contribution is 0.0699. The van der Waals surface area contributed by atoms with Gasteiger partial charge in [-0.25, -0.2) is 14.2 Å². The first-order chi connectivity index (χ1) is 13.9. The molecule has 4 rings (SSSR count). The molecule has 6 nitrogen and oxygen atoms in total. The molecule has 0 amide bonds. The summed E-state index contributed by atoms with van der Waals surface area (Å²) in [6, 6.07) is 14.4. The number of aromatic amines is 1. The maximum absolute atomic E-state index is 14.4. The van der Waals surface area contributed by atoms with Crippen molar-refractivity contribution >= 4 is 29.2 Å². The summed E-state index contributed by atoms with van der Waals surface area (Å²) < 4.78 is 15.9. The lowest BCUT2D eigenvalue weighted by atomic mass is 10.1. The molecule has 0 aliphatic heterocycles. The molecule has 0 spiro atoms. The van der Waals surface area contributed by atoms with E-state index in [-0.39, 0.29) is 32.6 Å². The Bertz CT molecular complexity index is 1410. The van der Waals surface area contributed by atoms with Crippen molar-refractivity contribution in [1.82, 2.24) is 14.5 Å². The van der Waals surface area contributed by atoms with Gasteiger partial charge in [0.1, 0.15) is 5.82 Å². The molecule has 2 heterocycles. The van der Waals surface area contributed by atoms with Crippen LogP contribution in [0.2, 0.25) is 0 Å². The van der Waals surface area contributed by atoms with Crippen LogP contribution < -0.4 is 5.56 Å². The second-order valence-corrected chi connectivity index (χ2v) is 6.86. The molecule has 0 atom stereocenters. The molecular weight excluding hydrogens is 393 g/mol. The summed E-state index contributed by atoms with van der Waals surface area (Å²) >= 11 is 5.33. The summed E-state index contributed by atoms with van der Waals surface area (Å²) in [6.07, 6.45) is 0. The number of hydrogen-bond acceptors (Lipinski definition) is 4. The maximum atomic E-state index is 14.4. The third kappa shape index (κ3) is 3.23. The molecule has 0 bridgehead atoms. The van der Waals surface area contributed by atoms with E-state index >= 15 is 0 Å². The molecule has 8 heteroatoms. The van der Waals surface area contributed by atoms with E-state index in [4.69, 9.17) is 12.2 Å². The first-order valence-corrected chi connectivity index (χ1v) is 9.03. The Balaban J connectivity index is 2.20. The quantitative estimate of drug-likeness (QED) is 0.496. The van der Waals surface area contributed by atoms with E-state index in [1.54, 1.807) is 12.1 Å². The first-order valence-electron chi connectivity index (χ1n) is 8.62. The number of nitrogens with one attached hydrogen (secondary N) is 1. The number of hydrogen-bond donors (Lipinski definition) is 2. The molecule has 29 heavy (non-hydrogen) atoms. The Morgan fingerprint density at radius 2 is 1.93 bits per heavy atom. The summed E-state index contributed by atoms with van der Waals surface area (Å²) in [7, 11) is 0. The Kier molecular flexibility index (Phi) is 4.56. The lowest BCUT2D eigenvalue weighted by Crippen LogP contribution is -2.18. The lowest BCUT2D eigenvalue weighted by Gasteiger charge is -2.14. The highest BCUT2D eigenvalue weighted by atomic mass is 32.1. The predicted molar refractivity (Wildman–Crippen MR) is 110 cm³/mol. The van der Waals surface area contributed by atoms with Crippen LogP contribution in [0.1, 0.15) is 15.9 Å². The van der Waals surface area contributed by atoms with Crippen molar-refractivity contribution in [2.24, 2.45) is 0 Å².